The zero-order valence-electron chi connectivity index (χ0n) is 12.8. The lowest BCUT2D eigenvalue weighted by molar-refractivity contribution is 0.278. The molecule has 7 heteroatoms. The summed E-state index contributed by atoms with van der Waals surface area (Å²) in [6, 6.07) is 5.81. The lowest BCUT2D eigenvalue weighted by atomic mass is 10.0. The molecule has 1 aliphatic rings. The molecule has 22 heavy (non-hydrogen) atoms. The predicted octanol–water partition coefficient (Wildman–Crippen LogP) is 1.44. The fraction of sp³-hybridized carbons (Fsp3) is 0.533. The molecule has 0 amide bonds. The van der Waals surface area contributed by atoms with Gasteiger partial charge < -0.3 is 4.40 Å². The Labute approximate surface area is 131 Å². The lowest BCUT2D eigenvalue weighted by Gasteiger charge is -2.29. The summed E-state index contributed by atoms with van der Waals surface area (Å²) >= 11 is 0. The van der Waals surface area contributed by atoms with Gasteiger partial charge in [0.15, 0.2) is 0 Å². The molecule has 120 valence electrons. The average molecular weight is 322 g/mol. The van der Waals surface area contributed by atoms with Crippen LogP contribution in [0.5, 0.6) is 0 Å². The quantitative estimate of drug-likeness (QED) is 0.906. The van der Waals surface area contributed by atoms with Crippen molar-refractivity contribution in [1.29, 1.82) is 0 Å². The van der Waals surface area contributed by atoms with Crippen molar-refractivity contribution in [3.05, 3.63) is 36.3 Å². The van der Waals surface area contributed by atoms with Crippen LogP contribution < -0.4 is 4.72 Å². The van der Waals surface area contributed by atoms with Gasteiger partial charge in [-0.3, -0.25) is 0 Å². The summed E-state index contributed by atoms with van der Waals surface area (Å²) < 4.78 is 30.8. The Morgan fingerprint density at radius 2 is 2.27 bits per heavy atom. The van der Waals surface area contributed by atoms with Gasteiger partial charge in [-0.25, -0.2) is 9.71 Å². The summed E-state index contributed by atoms with van der Waals surface area (Å²) in [6.07, 6.45) is 6.50. The highest BCUT2D eigenvalue weighted by Gasteiger charge is 2.26. The van der Waals surface area contributed by atoms with E-state index in [1.165, 1.54) is 0 Å². The average Bonchev–Trinajstić information content (AvgIpc) is 2.89. The summed E-state index contributed by atoms with van der Waals surface area (Å²) in [6.45, 7) is 3.70. The lowest BCUT2D eigenvalue weighted by Crippen LogP contribution is -2.46. The van der Waals surface area contributed by atoms with Crippen molar-refractivity contribution >= 4 is 15.9 Å². The molecule has 1 saturated heterocycles. The van der Waals surface area contributed by atoms with Gasteiger partial charge in [0.05, 0.1) is 5.69 Å². The molecule has 1 atom stereocenters. The number of hydrogen-bond donors (Lipinski definition) is 1. The number of piperidine rings is 1. The van der Waals surface area contributed by atoms with E-state index in [1.807, 2.05) is 35.0 Å². The van der Waals surface area contributed by atoms with Crippen molar-refractivity contribution in [3.63, 3.8) is 0 Å². The van der Waals surface area contributed by atoms with Crippen LogP contribution >= 0.6 is 0 Å². The van der Waals surface area contributed by atoms with Crippen LogP contribution in [-0.4, -0.2) is 41.7 Å². The number of rotatable bonds is 5. The van der Waals surface area contributed by atoms with Gasteiger partial charge in [-0.1, -0.05) is 13.0 Å². The van der Waals surface area contributed by atoms with Crippen LogP contribution in [0.3, 0.4) is 0 Å². The molecule has 1 aliphatic heterocycles. The zero-order valence-corrected chi connectivity index (χ0v) is 13.6. The summed E-state index contributed by atoms with van der Waals surface area (Å²) in [5, 5.41) is 0. The number of pyridine rings is 1. The van der Waals surface area contributed by atoms with Crippen LogP contribution in [0, 0.1) is 5.92 Å². The molecule has 0 aliphatic carbocycles. The molecule has 0 radical (unpaired) electrons. The summed E-state index contributed by atoms with van der Waals surface area (Å²) in [4.78, 5) is 4.47. The molecule has 0 bridgehead atoms. The third kappa shape index (κ3) is 3.48. The molecule has 3 heterocycles. The first-order chi connectivity index (χ1) is 10.5. The first-order valence-electron chi connectivity index (χ1n) is 7.72. The van der Waals surface area contributed by atoms with Crippen LogP contribution in [0.1, 0.15) is 25.5 Å². The molecule has 6 nitrogen and oxygen atoms in total. The Morgan fingerprint density at radius 3 is 3.05 bits per heavy atom. The number of imidazole rings is 1. The summed E-state index contributed by atoms with van der Waals surface area (Å²) in [7, 11) is -3.37. The monoisotopic (exact) mass is 322 g/mol. The van der Waals surface area contributed by atoms with Gasteiger partial charge in [0.2, 0.25) is 0 Å². The minimum Gasteiger partial charge on any atom is -0.307 e. The molecular weight excluding hydrogens is 300 g/mol. The zero-order chi connectivity index (χ0) is 15.6. The Hall–Kier alpha value is -1.44. The van der Waals surface area contributed by atoms with E-state index in [2.05, 4.69) is 16.6 Å². The molecule has 0 saturated carbocycles. The third-order valence-electron chi connectivity index (χ3n) is 4.04. The van der Waals surface area contributed by atoms with E-state index in [-0.39, 0.29) is 0 Å². The third-order valence-corrected chi connectivity index (χ3v) is 5.62. The SMILES string of the molecule is C[C@H]1CCCN(S(=O)(=O)NCCc2cn3ccccc3n2)C1. The number of hydrogen-bond acceptors (Lipinski definition) is 3. The Balaban J connectivity index is 1.57. The molecule has 3 rings (SSSR count). The molecule has 0 aromatic carbocycles. The van der Waals surface area contributed by atoms with E-state index in [0.29, 0.717) is 32.0 Å². The van der Waals surface area contributed by atoms with Crippen molar-refractivity contribution in [3.8, 4) is 0 Å². The summed E-state index contributed by atoms with van der Waals surface area (Å²) in [5.41, 5.74) is 1.77. The first kappa shape index (κ1) is 15.5. The van der Waals surface area contributed by atoms with Gasteiger partial charge >= 0.3 is 0 Å². The van der Waals surface area contributed by atoms with Crippen molar-refractivity contribution in [2.24, 2.45) is 5.92 Å². The van der Waals surface area contributed by atoms with Gasteiger partial charge in [-0.2, -0.15) is 12.7 Å². The maximum absolute atomic E-state index is 12.3. The standard InChI is InChI=1S/C15H22N4O2S/c1-13-5-4-10-19(11-13)22(20,21)16-8-7-14-12-18-9-3-2-6-15(18)17-14/h2-3,6,9,12-13,16H,4-5,7-8,10-11H2,1H3/t13-/m0/s1. The highest BCUT2D eigenvalue weighted by molar-refractivity contribution is 7.87. The van der Waals surface area contributed by atoms with E-state index in [4.69, 9.17) is 0 Å². The molecular formula is C15H22N4O2S. The minimum absolute atomic E-state index is 0.372. The van der Waals surface area contributed by atoms with E-state index >= 15 is 0 Å². The van der Waals surface area contributed by atoms with Gasteiger partial charge in [0, 0.05) is 38.4 Å². The maximum Gasteiger partial charge on any atom is 0.279 e. The van der Waals surface area contributed by atoms with Crippen molar-refractivity contribution in [2.45, 2.75) is 26.2 Å². The Bertz CT molecular complexity index is 708. The van der Waals surface area contributed by atoms with E-state index < -0.39 is 10.2 Å². The molecule has 1 N–H and O–H groups in total. The van der Waals surface area contributed by atoms with Crippen LogP contribution in [0.4, 0.5) is 0 Å². The Morgan fingerprint density at radius 1 is 1.41 bits per heavy atom. The minimum atomic E-state index is -3.37. The molecule has 0 unspecified atom stereocenters. The van der Waals surface area contributed by atoms with E-state index in [0.717, 1.165) is 24.2 Å². The van der Waals surface area contributed by atoms with Crippen LogP contribution in [0.25, 0.3) is 5.65 Å². The molecule has 1 fully saturated rings. The maximum atomic E-state index is 12.3. The Kier molecular flexibility index (Phi) is 4.46. The number of aromatic nitrogens is 2. The van der Waals surface area contributed by atoms with Crippen molar-refractivity contribution < 1.29 is 8.42 Å². The second-order valence-electron chi connectivity index (χ2n) is 5.95. The van der Waals surface area contributed by atoms with Crippen LogP contribution in [-0.2, 0) is 16.6 Å². The molecule has 0 spiro atoms. The van der Waals surface area contributed by atoms with Crippen molar-refractivity contribution in [1.82, 2.24) is 18.4 Å². The van der Waals surface area contributed by atoms with Gasteiger partial charge in [-0.15, -0.1) is 0 Å². The smallest absolute Gasteiger partial charge is 0.279 e. The molecule has 2 aromatic rings. The van der Waals surface area contributed by atoms with Gasteiger partial charge in [-0.05, 0) is 30.9 Å². The topological polar surface area (TPSA) is 66.7 Å². The second-order valence-corrected chi connectivity index (χ2v) is 7.71. The highest BCUT2D eigenvalue weighted by atomic mass is 32.2. The number of nitrogens with zero attached hydrogens (tertiary/aromatic N) is 3. The van der Waals surface area contributed by atoms with Gasteiger partial charge in [0.25, 0.3) is 10.2 Å². The fourth-order valence-electron chi connectivity index (χ4n) is 2.87. The number of nitrogens with one attached hydrogen (secondary N) is 1. The van der Waals surface area contributed by atoms with Crippen LogP contribution in [0.15, 0.2) is 30.6 Å². The normalized spacial score (nSPS) is 20.5. The predicted molar refractivity (Wildman–Crippen MR) is 85.8 cm³/mol. The van der Waals surface area contributed by atoms with Crippen LogP contribution in [0.2, 0.25) is 0 Å². The second kappa shape index (κ2) is 6.36. The van der Waals surface area contributed by atoms with Gasteiger partial charge in [0.1, 0.15) is 5.65 Å². The first-order valence-corrected chi connectivity index (χ1v) is 9.16. The molecule has 2 aromatic heterocycles. The highest BCUT2D eigenvalue weighted by Crippen LogP contribution is 2.17. The summed E-state index contributed by atoms with van der Waals surface area (Å²) in [5.74, 6) is 0.434. The van der Waals surface area contributed by atoms with E-state index in [9.17, 15) is 8.42 Å². The van der Waals surface area contributed by atoms with Crippen molar-refractivity contribution in [2.75, 3.05) is 19.6 Å². The fourth-order valence-corrected chi connectivity index (χ4v) is 4.23. The largest absolute Gasteiger partial charge is 0.307 e. The number of fused-ring (bicyclic) bond motifs is 1. The van der Waals surface area contributed by atoms with E-state index in [1.54, 1.807) is 4.31 Å².